The molecular weight excluding hydrogens is 282 g/mol. The highest BCUT2D eigenvalue weighted by atomic mass is 16.5. The third-order valence-electron chi connectivity index (χ3n) is 3.15. The molecule has 0 aliphatic rings. The number of nitrogens with one attached hydrogen (secondary N) is 1. The van der Waals surface area contributed by atoms with Gasteiger partial charge >= 0.3 is 11.2 Å². The molecule has 1 N–H and O–H groups in total. The summed E-state index contributed by atoms with van der Waals surface area (Å²) < 4.78 is 6.68. The number of H-pyrrole nitrogens is 1. The summed E-state index contributed by atoms with van der Waals surface area (Å²) in [5.74, 6) is -0.0858. The van der Waals surface area contributed by atoms with Crippen LogP contribution >= 0.6 is 0 Å². The highest BCUT2D eigenvalue weighted by Gasteiger charge is 2.13. The Kier molecular flexibility index (Phi) is 4.80. The predicted molar refractivity (Wildman–Crippen MR) is 84.0 cm³/mol. The molecule has 2 rings (SSSR count). The Balaban J connectivity index is 2.14. The Morgan fingerprint density at radius 2 is 1.86 bits per heavy atom. The molecular formula is C16H21N3O3. The maximum atomic E-state index is 11.8. The van der Waals surface area contributed by atoms with Crippen molar-refractivity contribution in [1.29, 1.82) is 0 Å². The van der Waals surface area contributed by atoms with E-state index >= 15 is 0 Å². The van der Waals surface area contributed by atoms with Gasteiger partial charge in [0.1, 0.15) is 6.61 Å². The standard InChI is InChI=1S/C16H21N3O3/c1-16(2,3)9-10-19-15(21)17-13(20)14(18-19)22-11-12-7-5-4-6-8-12/h4-8H,9-11H2,1-3H3,(H,17,20,21). The Labute approximate surface area is 128 Å². The first-order valence-electron chi connectivity index (χ1n) is 7.23. The van der Waals surface area contributed by atoms with Crippen molar-refractivity contribution in [1.82, 2.24) is 14.8 Å². The van der Waals surface area contributed by atoms with Crippen LogP contribution in [0.15, 0.2) is 39.9 Å². The fourth-order valence-corrected chi connectivity index (χ4v) is 1.83. The molecule has 0 unspecified atom stereocenters. The summed E-state index contributed by atoms with van der Waals surface area (Å²) in [6.45, 7) is 6.90. The van der Waals surface area contributed by atoms with Crippen LogP contribution in [0, 0.1) is 5.41 Å². The molecule has 0 spiro atoms. The van der Waals surface area contributed by atoms with Crippen molar-refractivity contribution < 1.29 is 4.74 Å². The van der Waals surface area contributed by atoms with Crippen LogP contribution in [0.1, 0.15) is 32.8 Å². The average molecular weight is 303 g/mol. The summed E-state index contributed by atoms with van der Waals surface area (Å²) >= 11 is 0. The lowest BCUT2D eigenvalue weighted by atomic mass is 9.92. The Morgan fingerprint density at radius 3 is 2.50 bits per heavy atom. The second kappa shape index (κ2) is 6.60. The lowest BCUT2D eigenvalue weighted by molar-refractivity contribution is 0.268. The zero-order valence-corrected chi connectivity index (χ0v) is 13.1. The van der Waals surface area contributed by atoms with E-state index in [0.717, 1.165) is 12.0 Å². The second-order valence-electron chi connectivity index (χ2n) is 6.37. The van der Waals surface area contributed by atoms with Gasteiger partial charge in [-0.15, -0.1) is 5.10 Å². The average Bonchev–Trinajstić information content (AvgIpc) is 2.45. The fourth-order valence-electron chi connectivity index (χ4n) is 1.83. The van der Waals surface area contributed by atoms with Crippen molar-refractivity contribution in [2.45, 2.75) is 40.3 Å². The lowest BCUT2D eigenvalue weighted by Crippen LogP contribution is -2.34. The Bertz CT molecular complexity index is 727. The first kappa shape index (κ1) is 16.0. The van der Waals surface area contributed by atoms with Gasteiger partial charge in [-0.25, -0.2) is 9.48 Å². The molecule has 0 atom stereocenters. The number of rotatable bonds is 5. The van der Waals surface area contributed by atoms with E-state index in [1.807, 2.05) is 30.3 Å². The number of hydrogen-bond acceptors (Lipinski definition) is 4. The van der Waals surface area contributed by atoms with Gasteiger partial charge in [0.2, 0.25) is 0 Å². The van der Waals surface area contributed by atoms with Gasteiger partial charge in [0, 0.05) is 6.54 Å². The fraction of sp³-hybridized carbons (Fsp3) is 0.438. The minimum Gasteiger partial charge on any atom is -0.468 e. The van der Waals surface area contributed by atoms with Gasteiger partial charge in [-0.05, 0) is 17.4 Å². The summed E-state index contributed by atoms with van der Waals surface area (Å²) in [4.78, 5) is 25.8. The quantitative estimate of drug-likeness (QED) is 0.916. The number of aryl methyl sites for hydroxylation is 1. The van der Waals surface area contributed by atoms with Crippen LogP contribution < -0.4 is 16.0 Å². The van der Waals surface area contributed by atoms with Crippen molar-refractivity contribution in [3.63, 3.8) is 0 Å². The van der Waals surface area contributed by atoms with Crippen molar-refractivity contribution in [2.75, 3.05) is 0 Å². The summed E-state index contributed by atoms with van der Waals surface area (Å²) in [5.41, 5.74) is -0.118. The second-order valence-corrected chi connectivity index (χ2v) is 6.37. The first-order valence-corrected chi connectivity index (χ1v) is 7.23. The largest absolute Gasteiger partial charge is 0.468 e. The minimum absolute atomic E-state index is 0.0717. The molecule has 1 heterocycles. The molecule has 1 aromatic heterocycles. The number of ether oxygens (including phenoxy) is 1. The molecule has 0 amide bonds. The summed E-state index contributed by atoms with van der Waals surface area (Å²) in [6.07, 6.45) is 0.768. The monoisotopic (exact) mass is 303 g/mol. The minimum atomic E-state index is -0.604. The zero-order valence-electron chi connectivity index (χ0n) is 13.1. The van der Waals surface area contributed by atoms with Gasteiger partial charge in [0.25, 0.3) is 5.88 Å². The Morgan fingerprint density at radius 1 is 1.18 bits per heavy atom. The molecule has 0 fully saturated rings. The lowest BCUT2D eigenvalue weighted by Gasteiger charge is -2.17. The molecule has 6 heteroatoms. The number of hydrogen-bond donors (Lipinski definition) is 1. The number of nitrogens with zero attached hydrogens (tertiary/aromatic N) is 2. The normalized spacial score (nSPS) is 11.4. The third kappa shape index (κ3) is 4.58. The molecule has 6 nitrogen and oxygen atoms in total. The number of aromatic nitrogens is 3. The van der Waals surface area contributed by atoms with Crippen LogP contribution in [0.2, 0.25) is 0 Å². The van der Waals surface area contributed by atoms with Crippen LogP contribution in [0.25, 0.3) is 0 Å². The SMILES string of the molecule is CC(C)(C)CCn1nc(OCc2ccccc2)c(=O)[nH]c1=O. The molecule has 0 saturated heterocycles. The molecule has 1 aromatic carbocycles. The van der Waals surface area contributed by atoms with Gasteiger partial charge < -0.3 is 4.74 Å². The molecule has 2 aromatic rings. The van der Waals surface area contributed by atoms with Crippen LogP contribution in [0.4, 0.5) is 0 Å². The van der Waals surface area contributed by atoms with Gasteiger partial charge in [-0.1, -0.05) is 51.1 Å². The van der Waals surface area contributed by atoms with Gasteiger partial charge in [-0.2, -0.15) is 0 Å². The van der Waals surface area contributed by atoms with Gasteiger partial charge in [-0.3, -0.25) is 9.78 Å². The molecule has 0 aliphatic heterocycles. The summed E-state index contributed by atoms with van der Waals surface area (Å²) in [7, 11) is 0. The van der Waals surface area contributed by atoms with E-state index in [4.69, 9.17) is 4.74 Å². The highest BCUT2D eigenvalue weighted by molar-refractivity contribution is 5.14. The van der Waals surface area contributed by atoms with Crippen LogP contribution in [-0.4, -0.2) is 14.8 Å². The van der Waals surface area contributed by atoms with Gasteiger partial charge in [0.15, 0.2) is 0 Å². The highest BCUT2D eigenvalue weighted by Crippen LogP contribution is 2.18. The van der Waals surface area contributed by atoms with E-state index in [0.29, 0.717) is 6.54 Å². The molecule has 22 heavy (non-hydrogen) atoms. The summed E-state index contributed by atoms with van der Waals surface area (Å²) in [5, 5.41) is 4.03. The summed E-state index contributed by atoms with van der Waals surface area (Å²) in [6, 6.07) is 9.47. The van der Waals surface area contributed by atoms with E-state index in [-0.39, 0.29) is 17.9 Å². The van der Waals surface area contributed by atoms with Crippen molar-refractivity contribution in [3.05, 3.63) is 56.7 Å². The van der Waals surface area contributed by atoms with E-state index < -0.39 is 11.2 Å². The van der Waals surface area contributed by atoms with Gasteiger partial charge in [0.05, 0.1) is 0 Å². The maximum absolute atomic E-state index is 11.8. The molecule has 0 saturated carbocycles. The van der Waals surface area contributed by atoms with E-state index in [1.54, 1.807) is 0 Å². The molecule has 0 bridgehead atoms. The topological polar surface area (TPSA) is 77.0 Å². The predicted octanol–water partition coefficient (Wildman–Crippen LogP) is 1.95. The smallest absolute Gasteiger partial charge is 0.344 e. The molecule has 118 valence electrons. The number of aromatic amines is 1. The molecule has 0 radical (unpaired) electrons. The Hall–Kier alpha value is -2.37. The molecule has 0 aliphatic carbocycles. The van der Waals surface area contributed by atoms with E-state index in [1.165, 1.54) is 4.68 Å². The zero-order chi connectivity index (χ0) is 16.2. The van der Waals surface area contributed by atoms with E-state index in [2.05, 4.69) is 30.9 Å². The van der Waals surface area contributed by atoms with E-state index in [9.17, 15) is 9.59 Å². The van der Waals surface area contributed by atoms with Crippen molar-refractivity contribution in [2.24, 2.45) is 5.41 Å². The van der Waals surface area contributed by atoms with Crippen molar-refractivity contribution in [3.8, 4) is 5.88 Å². The van der Waals surface area contributed by atoms with Crippen LogP contribution in [-0.2, 0) is 13.2 Å². The van der Waals surface area contributed by atoms with Crippen molar-refractivity contribution >= 4 is 0 Å². The maximum Gasteiger partial charge on any atom is 0.344 e. The first-order chi connectivity index (χ1) is 10.3. The number of benzene rings is 1. The van der Waals surface area contributed by atoms with Crippen LogP contribution in [0.3, 0.4) is 0 Å². The van der Waals surface area contributed by atoms with Crippen LogP contribution in [0.5, 0.6) is 5.88 Å². The third-order valence-corrected chi connectivity index (χ3v) is 3.15.